The zero-order valence-corrected chi connectivity index (χ0v) is 13.4. The van der Waals surface area contributed by atoms with Gasteiger partial charge in [-0.1, -0.05) is 30.3 Å². The Morgan fingerprint density at radius 1 is 1.04 bits per heavy atom. The molecule has 3 N–H and O–H groups in total. The van der Waals surface area contributed by atoms with Crippen LogP contribution in [0.5, 0.6) is 0 Å². The van der Waals surface area contributed by atoms with Crippen LogP contribution >= 0.6 is 0 Å². The van der Waals surface area contributed by atoms with Crippen molar-refractivity contribution in [3.8, 4) is 0 Å². The van der Waals surface area contributed by atoms with Crippen molar-refractivity contribution in [3.63, 3.8) is 0 Å². The summed E-state index contributed by atoms with van der Waals surface area (Å²) in [7, 11) is 0. The first-order valence-corrected chi connectivity index (χ1v) is 7.59. The monoisotopic (exact) mass is 373 g/mol. The molecule has 0 heterocycles. The van der Waals surface area contributed by atoms with Crippen LogP contribution in [-0.4, -0.2) is 24.8 Å². The Bertz CT molecular complexity index is 737. The van der Waals surface area contributed by atoms with E-state index in [1.807, 2.05) is 10.6 Å². The zero-order valence-electron chi connectivity index (χ0n) is 13.4. The average molecular weight is 373 g/mol. The van der Waals surface area contributed by atoms with Crippen molar-refractivity contribution in [2.75, 3.05) is 11.9 Å². The van der Waals surface area contributed by atoms with Gasteiger partial charge < -0.3 is 16.0 Å². The fourth-order valence-electron chi connectivity index (χ4n) is 2.09. The van der Waals surface area contributed by atoms with E-state index in [2.05, 4.69) is 5.32 Å². The van der Waals surface area contributed by atoms with Crippen molar-refractivity contribution >= 4 is 11.7 Å². The number of alkyl halides is 3. The molecule has 2 aromatic carbocycles. The Morgan fingerprint density at radius 2 is 1.73 bits per heavy atom. The van der Waals surface area contributed by atoms with Gasteiger partial charge in [0.1, 0.15) is 17.7 Å². The van der Waals surface area contributed by atoms with Crippen molar-refractivity contribution in [3.05, 3.63) is 65.7 Å². The molecule has 140 valence electrons. The van der Waals surface area contributed by atoms with Crippen LogP contribution in [0.25, 0.3) is 0 Å². The van der Waals surface area contributed by atoms with E-state index in [0.29, 0.717) is 11.6 Å². The Morgan fingerprint density at radius 3 is 2.35 bits per heavy atom. The largest absolute Gasteiger partial charge is 0.405 e. The van der Waals surface area contributed by atoms with Crippen LogP contribution in [0.3, 0.4) is 0 Å². The molecule has 0 bridgehead atoms. The minimum Gasteiger partial charge on any atom is -0.336 e. The smallest absolute Gasteiger partial charge is 0.336 e. The molecule has 2 aromatic rings. The molecule has 26 heavy (non-hydrogen) atoms. The van der Waals surface area contributed by atoms with Crippen LogP contribution in [0.4, 0.5) is 32.4 Å². The highest BCUT2D eigenvalue weighted by Crippen LogP contribution is 2.20. The number of anilines is 1. The van der Waals surface area contributed by atoms with Crippen LogP contribution in [0, 0.1) is 11.6 Å². The molecule has 0 aliphatic rings. The molecule has 4 nitrogen and oxygen atoms in total. The Hall–Kier alpha value is -2.68. The summed E-state index contributed by atoms with van der Waals surface area (Å²) in [6.07, 6.45) is -4.59. The number of amides is 2. The molecule has 0 aliphatic heterocycles. The summed E-state index contributed by atoms with van der Waals surface area (Å²) in [5.74, 6) is -1.87. The molecule has 1 atom stereocenters. The lowest BCUT2D eigenvalue weighted by Crippen LogP contribution is -2.50. The topological polar surface area (TPSA) is 53.2 Å². The first-order chi connectivity index (χ1) is 12.3. The SMILES string of the molecule is O=C(NC[C@H](NCc1ccccc1)C(F)(F)F)Nc1ccc(F)cc1F. The molecule has 0 aromatic heterocycles. The predicted molar refractivity (Wildman–Crippen MR) is 86.5 cm³/mol. The van der Waals surface area contributed by atoms with Gasteiger partial charge in [0.15, 0.2) is 0 Å². The van der Waals surface area contributed by atoms with Crippen molar-refractivity contribution < 1.29 is 26.7 Å². The lowest BCUT2D eigenvalue weighted by Gasteiger charge is -2.22. The first kappa shape index (κ1) is 19.6. The van der Waals surface area contributed by atoms with Crippen LogP contribution in [0.1, 0.15) is 5.56 Å². The van der Waals surface area contributed by atoms with Gasteiger partial charge in [-0.2, -0.15) is 13.2 Å². The fourth-order valence-corrected chi connectivity index (χ4v) is 2.09. The average Bonchev–Trinajstić information content (AvgIpc) is 2.57. The van der Waals surface area contributed by atoms with E-state index in [0.717, 1.165) is 12.1 Å². The van der Waals surface area contributed by atoms with Gasteiger partial charge in [-0.15, -0.1) is 0 Å². The minimum atomic E-state index is -4.59. The van der Waals surface area contributed by atoms with E-state index in [1.54, 1.807) is 30.3 Å². The van der Waals surface area contributed by atoms with Gasteiger partial charge in [0.05, 0.1) is 5.69 Å². The normalized spacial score (nSPS) is 12.5. The summed E-state index contributed by atoms with van der Waals surface area (Å²) in [4.78, 5) is 11.7. The lowest BCUT2D eigenvalue weighted by atomic mass is 10.2. The molecule has 0 saturated carbocycles. The standard InChI is InChI=1S/C17H16F5N3O/c18-12-6-7-14(13(19)8-12)25-16(26)24-10-15(17(20,21)22)23-9-11-4-2-1-3-5-11/h1-8,15,23H,9-10H2,(H2,24,25,26)/t15-/m0/s1. The van der Waals surface area contributed by atoms with E-state index < -0.39 is 36.4 Å². The molecule has 0 aliphatic carbocycles. The number of benzene rings is 2. The number of halogens is 5. The Kier molecular flexibility index (Phi) is 6.51. The highest BCUT2D eigenvalue weighted by atomic mass is 19.4. The molecule has 2 amide bonds. The third-order valence-electron chi connectivity index (χ3n) is 3.44. The van der Waals surface area contributed by atoms with E-state index in [4.69, 9.17) is 0 Å². The maximum absolute atomic E-state index is 13.4. The van der Waals surface area contributed by atoms with E-state index in [1.165, 1.54) is 0 Å². The minimum absolute atomic E-state index is 0.0408. The van der Waals surface area contributed by atoms with Gasteiger partial charge in [0.2, 0.25) is 0 Å². The highest BCUT2D eigenvalue weighted by molar-refractivity contribution is 5.89. The van der Waals surface area contributed by atoms with Crippen LogP contribution in [0.15, 0.2) is 48.5 Å². The highest BCUT2D eigenvalue weighted by Gasteiger charge is 2.39. The van der Waals surface area contributed by atoms with Crippen LogP contribution in [0.2, 0.25) is 0 Å². The number of carbonyl (C=O) groups excluding carboxylic acids is 1. The summed E-state index contributed by atoms with van der Waals surface area (Å²) >= 11 is 0. The first-order valence-electron chi connectivity index (χ1n) is 7.59. The fraction of sp³-hybridized carbons (Fsp3) is 0.235. The van der Waals surface area contributed by atoms with Crippen molar-refractivity contribution in [2.24, 2.45) is 0 Å². The maximum Gasteiger partial charge on any atom is 0.405 e. The quantitative estimate of drug-likeness (QED) is 0.675. The number of hydrogen-bond donors (Lipinski definition) is 3. The van der Waals surface area contributed by atoms with Gasteiger partial charge in [-0.3, -0.25) is 0 Å². The molecule has 0 fully saturated rings. The number of nitrogens with one attached hydrogen (secondary N) is 3. The number of carbonyl (C=O) groups is 1. The summed E-state index contributed by atoms with van der Waals surface area (Å²) in [6, 6.07) is 7.87. The summed E-state index contributed by atoms with van der Waals surface area (Å²) in [5, 5.41) is 6.38. The van der Waals surface area contributed by atoms with E-state index in [-0.39, 0.29) is 12.2 Å². The molecule has 0 spiro atoms. The van der Waals surface area contributed by atoms with Gasteiger partial charge >= 0.3 is 12.2 Å². The number of hydrogen-bond acceptors (Lipinski definition) is 2. The van der Waals surface area contributed by atoms with Crippen LogP contribution < -0.4 is 16.0 Å². The molecule has 2 rings (SSSR count). The van der Waals surface area contributed by atoms with Gasteiger partial charge in [0, 0.05) is 19.2 Å². The lowest BCUT2D eigenvalue weighted by molar-refractivity contribution is -0.154. The number of rotatable bonds is 6. The summed E-state index contributed by atoms with van der Waals surface area (Å²) < 4.78 is 65.4. The third-order valence-corrected chi connectivity index (χ3v) is 3.44. The van der Waals surface area contributed by atoms with Gasteiger partial charge in [-0.05, 0) is 17.7 Å². The molecule has 0 radical (unpaired) electrons. The Labute approximate surface area is 146 Å². The maximum atomic E-state index is 13.4. The summed E-state index contributed by atoms with van der Waals surface area (Å²) in [5.41, 5.74) is 0.310. The Balaban J connectivity index is 1.90. The number of urea groups is 1. The van der Waals surface area contributed by atoms with Gasteiger partial charge in [0.25, 0.3) is 0 Å². The summed E-state index contributed by atoms with van der Waals surface area (Å²) in [6.45, 7) is -0.800. The van der Waals surface area contributed by atoms with E-state index in [9.17, 15) is 26.7 Å². The van der Waals surface area contributed by atoms with Crippen molar-refractivity contribution in [1.29, 1.82) is 0 Å². The second kappa shape index (κ2) is 8.61. The third kappa shape index (κ3) is 5.99. The van der Waals surface area contributed by atoms with Gasteiger partial charge in [-0.25, -0.2) is 13.6 Å². The predicted octanol–water partition coefficient (Wildman–Crippen LogP) is 3.81. The van der Waals surface area contributed by atoms with E-state index >= 15 is 0 Å². The molecule has 0 saturated heterocycles. The zero-order chi connectivity index (χ0) is 19.2. The van der Waals surface area contributed by atoms with Crippen molar-refractivity contribution in [1.82, 2.24) is 10.6 Å². The van der Waals surface area contributed by atoms with Crippen LogP contribution in [-0.2, 0) is 6.54 Å². The second-order valence-corrected chi connectivity index (χ2v) is 5.42. The molecule has 9 heteroatoms. The van der Waals surface area contributed by atoms with Crippen molar-refractivity contribution in [2.45, 2.75) is 18.8 Å². The molecule has 0 unspecified atom stereocenters. The molecular formula is C17H16F5N3O. The molecular weight excluding hydrogens is 357 g/mol. The second-order valence-electron chi connectivity index (χ2n) is 5.42.